The van der Waals surface area contributed by atoms with E-state index in [1.807, 2.05) is 24.0 Å². The molecular weight excluding hydrogens is 897 g/mol. The Labute approximate surface area is 404 Å². The Hall–Kier alpha value is -6.04. The first-order chi connectivity index (χ1) is 33.7. The molecule has 2 aromatic heterocycles. The summed E-state index contributed by atoms with van der Waals surface area (Å²) in [4.78, 5) is 62.7. The molecule has 6 aliphatic heterocycles. The van der Waals surface area contributed by atoms with Crippen LogP contribution < -0.4 is 19.9 Å². The number of anilines is 2. The molecule has 3 N–H and O–H groups in total. The molecule has 15 nitrogen and oxygen atoms in total. The molecule has 5 aromatic rings. The molecule has 3 amide bonds. The summed E-state index contributed by atoms with van der Waals surface area (Å²) in [6, 6.07) is 11.9. The molecule has 0 bridgehead atoms. The molecule has 17 heteroatoms. The Kier molecular flexibility index (Phi) is 10.8. The average Bonchev–Trinajstić information content (AvgIpc) is 4.01. The van der Waals surface area contributed by atoms with Crippen molar-refractivity contribution in [2.45, 2.75) is 95.9 Å². The van der Waals surface area contributed by atoms with Crippen molar-refractivity contribution in [3.05, 3.63) is 77.0 Å². The van der Waals surface area contributed by atoms with Crippen LogP contribution in [0.4, 0.5) is 20.3 Å². The third-order valence-corrected chi connectivity index (χ3v) is 16.6. The van der Waals surface area contributed by atoms with Crippen LogP contribution in [-0.4, -0.2) is 141 Å². The van der Waals surface area contributed by atoms with Crippen LogP contribution in [0.1, 0.15) is 86.7 Å². The number of nitrogens with one attached hydrogen (secondary N) is 1. The van der Waals surface area contributed by atoms with E-state index >= 15 is 8.78 Å². The first-order valence-corrected chi connectivity index (χ1v) is 25.1. The molecule has 6 fully saturated rings. The van der Waals surface area contributed by atoms with Gasteiger partial charge in [0.15, 0.2) is 5.82 Å². The summed E-state index contributed by atoms with van der Waals surface area (Å²) in [6.07, 6.45) is 8.08. The molecule has 3 aromatic carbocycles. The highest BCUT2D eigenvalue weighted by Crippen LogP contribution is 2.49. The Bertz CT molecular complexity index is 2980. The molecule has 1 saturated carbocycles. The van der Waals surface area contributed by atoms with E-state index in [4.69, 9.17) is 9.72 Å². The SMILES string of the molecule is CCc1c(F)ccc2cc(O)cc(-c3ncc4c(N5CCC[C@@](C)(O)C5)nc(OCC5(CN6CC(N7CC8(CCN(c9ccc%10c(c9)CN(C9CCC(=O)NC9=O)C%10=O)CC8)C7)C6)CC5)nc4c3F)c12. The number of nitrogens with zero attached hydrogens (tertiary/aromatic N) is 8. The van der Waals surface area contributed by atoms with E-state index in [0.29, 0.717) is 90.1 Å². The van der Waals surface area contributed by atoms with Crippen LogP contribution in [0.15, 0.2) is 48.7 Å². The molecule has 1 spiro atoms. The highest BCUT2D eigenvalue weighted by Gasteiger charge is 2.52. The van der Waals surface area contributed by atoms with Gasteiger partial charge in [0.05, 0.1) is 17.6 Å². The van der Waals surface area contributed by atoms with Crippen LogP contribution in [0, 0.1) is 22.5 Å². The third-order valence-electron chi connectivity index (χ3n) is 16.6. The summed E-state index contributed by atoms with van der Waals surface area (Å²) in [5.41, 5.74) is 2.62. The zero-order chi connectivity index (χ0) is 48.3. The molecule has 12 rings (SSSR count). The number of aryl methyl sites for hydroxylation is 1. The number of halogens is 2. The van der Waals surface area contributed by atoms with Crippen molar-refractivity contribution in [3.8, 4) is 23.0 Å². The highest BCUT2D eigenvalue weighted by molar-refractivity contribution is 6.06. The van der Waals surface area contributed by atoms with Gasteiger partial charge in [0.25, 0.3) is 5.91 Å². The second-order valence-corrected chi connectivity index (χ2v) is 21.8. The number of piperidine rings is 3. The number of amides is 3. The second-order valence-electron chi connectivity index (χ2n) is 21.8. The minimum absolute atomic E-state index is 0.00981. The lowest BCUT2D eigenvalue weighted by Gasteiger charge is -2.60. The number of phenolic OH excluding ortho intramolecular Hbond substituents is 1. The van der Waals surface area contributed by atoms with Crippen molar-refractivity contribution >= 4 is 50.9 Å². The summed E-state index contributed by atoms with van der Waals surface area (Å²) in [5, 5.41) is 25.6. The number of carbonyl (C=O) groups excluding carboxylic acids is 3. The fourth-order valence-corrected chi connectivity index (χ4v) is 12.5. The number of aliphatic hydroxyl groups is 1. The smallest absolute Gasteiger partial charge is 0.319 e. The average molecular weight is 956 g/mol. The predicted molar refractivity (Wildman–Crippen MR) is 259 cm³/mol. The van der Waals surface area contributed by atoms with Gasteiger partial charge in [-0.2, -0.15) is 9.97 Å². The van der Waals surface area contributed by atoms with Gasteiger partial charge in [-0.3, -0.25) is 34.5 Å². The lowest BCUT2D eigenvalue weighted by atomic mass is 9.71. The van der Waals surface area contributed by atoms with Crippen LogP contribution in [0.25, 0.3) is 32.9 Å². The fraction of sp³-hybridized carbons (Fsp3) is 0.509. The number of phenols is 1. The largest absolute Gasteiger partial charge is 0.508 e. The summed E-state index contributed by atoms with van der Waals surface area (Å²) in [6.45, 7) is 12.3. The minimum Gasteiger partial charge on any atom is -0.508 e. The van der Waals surface area contributed by atoms with E-state index in [1.54, 1.807) is 17.9 Å². The quantitative estimate of drug-likeness (QED) is 0.133. The van der Waals surface area contributed by atoms with Crippen molar-refractivity contribution in [1.82, 2.24) is 35.0 Å². The number of ether oxygens (including phenoxy) is 1. The van der Waals surface area contributed by atoms with Crippen molar-refractivity contribution in [1.29, 1.82) is 0 Å². The number of aromatic hydroxyl groups is 1. The predicted octanol–water partition coefficient (Wildman–Crippen LogP) is 5.95. The standard InChI is InChI=1S/C53H59F2N9O6/c1-3-36-40(54)8-5-31-20-35(65)21-38(43(31)36)45-44(55)46-39(22-56-45)47(62-16-4-11-51(2,69)26-62)59-50(58-46)70-30-53(12-13-53)27-60-24-34(25-60)63-28-52(29-63)14-17-61(18-15-52)33-6-7-37-32(19-33)23-64(49(37)68)41-9-10-42(66)57-48(41)67/h5-8,19-22,34,41,65,69H,3-4,9-18,23-30H2,1-2H3,(H,57,66,67)/t41?,51-/m1/s1. The maximum Gasteiger partial charge on any atom is 0.319 e. The van der Waals surface area contributed by atoms with Gasteiger partial charge in [0.2, 0.25) is 11.8 Å². The van der Waals surface area contributed by atoms with Crippen LogP contribution in [0.3, 0.4) is 0 Å². The van der Waals surface area contributed by atoms with Gasteiger partial charge in [0.1, 0.15) is 34.6 Å². The molecule has 8 heterocycles. The highest BCUT2D eigenvalue weighted by atomic mass is 19.1. The Morgan fingerprint density at radius 1 is 0.914 bits per heavy atom. The Morgan fingerprint density at radius 2 is 1.71 bits per heavy atom. The maximum atomic E-state index is 17.1. The lowest BCUT2D eigenvalue weighted by Crippen LogP contribution is -2.70. The van der Waals surface area contributed by atoms with Gasteiger partial charge in [-0.05, 0) is 122 Å². The van der Waals surface area contributed by atoms with Gasteiger partial charge in [-0.15, -0.1) is 0 Å². The molecular formula is C53H59F2N9O6. The first-order valence-electron chi connectivity index (χ1n) is 25.1. The zero-order valence-electron chi connectivity index (χ0n) is 39.8. The number of fused-ring (bicyclic) bond motifs is 3. The number of benzene rings is 3. The monoisotopic (exact) mass is 955 g/mol. The van der Waals surface area contributed by atoms with Gasteiger partial charge >= 0.3 is 6.01 Å². The van der Waals surface area contributed by atoms with Crippen molar-refractivity contribution < 1.29 is 38.1 Å². The summed E-state index contributed by atoms with van der Waals surface area (Å²) < 4.78 is 38.7. The third kappa shape index (κ3) is 7.97. The number of carbonyl (C=O) groups is 3. The van der Waals surface area contributed by atoms with Crippen LogP contribution in [0.5, 0.6) is 11.8 Å². The Balaban J connectivity index is 0.684. The molecule has 0 radical (unpaired) electrons. The molecule has 5 saturated heterocycles. The summed E-state index contributed by atoms with van der Waals surface area (Å²) >= 11 is 0. The summed E-state index contributed by atoms with van der Waals surface area (Å²) in [5.74, 6) is -1.61. The van der Waals surface area contributed by atoms with E-state index < -0.39 is 29.2 Å². The number of pyridine rings is 1. The zero-order valence-corrected chi connectivity index (χ0v) is 39.8. The number of rotatable bonds is 11. The number of imide groups is 1. The number of β-amino-alcohol motifs (C(OH)–C–C–N with tert-alkyl or cyclic N) is 1. The molecule has 1 aliphatic carbocycles. The Morgan fingerprint density at radius 3 is 2.46 bits per heavy atom. The van der Waals surface area contributed by atoms with Crippen molar-refractivity contribution in [2.24, 2.45) is 10.8 Å². The minimum atomic E-state index is -0.966. The molecule has 1 unspecified atom stereocenters. The van der Waals surface area contributed by atoms with Crippen LogP contribution in [-0.2, 0) is 22.6 Å². The van der Waals surface area contributed by atoms with E-state index in [0.717, 1.165) is 89.2 Å². The van der Waals surface area contributed by atoms with Gasteiger partial charge < -0.3 is 29.6 Å². The molecule has 7 aliphatic rings. The molecule has 2 atom stereocenters. The molecule has 70 heavy (non-hydrogen) atoms. The van der Waals surface area contributed by atoms with Crippen LogP contribution >= 0.6 is 0 Å². The van der Waals surface area contributed by atoms with E-state index in [-0.39, 0.29) is 52.2 Å². The van der Waals surface area contributed by atoms with E-state index in [9.17, 15) is 24.6 Å². The van der Waals surface area contributed by atoms with Crippen LogP contribution in [0.2, 0.25) is 0 Å². The number of hydrogen-bond acceptors (Lipinski definition) is 13. The number of hydrogen-bond donors (Lipinski definition) is 3. The maximum absolute atomic E-state index is 17.1. The van der Waals surface area contributed by atoms with Crippen molar-refractivity contribution in [2.75, 3.05) is 75.3 Å². The van der Waals surface area contributed by atoms with Gasteiger partial charge in [-0.25, -0.2) is 8.78 Å². The number of likely N-dealkylation sites (tertiary alicyclic amines) is 2. The number of aromatic nitrogens is 3. The summed E-state index contributed by atoms with van der Waals surface area (Å²) in [7, 11) is 0. The van der Waals surface area contributed by atoms with Gasteiger partial charge in [-0.1, -0.05) is 13.0 Å². The lowest BCUT2D eigenvalue weighted by molar-refractivity contribution is -0.136. The van der Waals surface area contributed by atoms with E-state index in [1.165, 1.54) is 24.4 Å². The molecule has 366 valence electrons. The normalized spacial score (nSPS) is 24.6. The second kappa shape index (κ2) is 16.8. The first kappa shape index (κ1) is 45.1. The fourth-order valence-electron chi connectivity index (χ4n) is 12.5. The van der Waals surface area contributed by atoms with Crippen molar-refractivity contribution in [3.63, 3.8) is 0 Å². The van der Waals surface area contributed by atoms with E-state index in [2.05, 4.69) is 36.1 Å². The van der Waals surface area contributed by atoms with Gasteiger partial charge in [0, 0.05) is 106 Å². The topological polar surface area (TPSA) is 168 Å².